The maximum absolute atomic E-state index is 10.2. The van der Waals surface area contributed by atoms with Crippen LogP contribution in [0.1, 0.15) is 26.7 Å². The largest absolute Gasteiger partial charge is 0.480 e. The van der Waals surface area contributed by atoms with Crippen LogP contribution in [0.4, 0.5) is 0 Å². The standard InChI is InChI=1S/C6H14N4O2.C2H6/c7-4(5(11)12)2-1-3-10-6(8)9;1-2/h4H,1-3,7H2,(H,11,12)(H4,8,9,10);1-2H3. The molecule has 6 heteroatoms. The van der Waals surface area contributed by atoms with Crippen LogP contribution < -0.4 is 17.2 Å². The minimum absolute atomic E-state index is 0.0129. The van der Waals surface area contributed by atoms with E-state index < -0.39 is 12.0 Å². The molecule has 6 nitrogen and oxygen atoms in total. The lowest BCUT2D eigenvalue weighted by Crippen LogP contribution is -2.30. The molecule has 0 aliphatic rings. The van der Waals surface area contributed by atoms with Gasteiger partial charge in [-0.05, 0) is 12.8 Å². The number of aliphatic imine (C=N–C) groups is 1. The molecule has 0 fully saturated rings. The summed E-state index contributed by atoms with van der Waals surface area (Å²) in [5.74, 6) is -0.987. The third-order valence-corrected chi connectivity index (χ3v) is 1.28. The highest BCUT2D eigenvalue weighted by atomic mass is 16.4. The molecule has 0 heterocycles. The lowest BCUT2D eigenvalue weighted by molar-refractivity contribution is -0.138. The molecule has 0 radical (unpaired) electrons. The van der Waals surface area contributed by atoms with Crippen molar-refractivity contribution in [1.29, 1.82) is 0 Å². The normalized spacial score (nSPS) is 10.8. The monoisotopic (exact) mass is 204 g/mol. The van der Waals surface area contributed by atoms with E-state index in [9.17, 15) is 4.79 Å². The summed E-state index contributed by atoms with van der Waals surface area (Å²) < 4.78 is 0. The SMILES string of the molecule is CC.NC(N)=NCCCC(N)C(=O)O. The van der Waals surface area contributed by atoms with Crippen molar-refractivity contribution in [3.63, 3.8) is 0 Å². The van der Waals surface area contributed by atoms with Crippen molar-refractivity contribution in [2.45, 2.75) is 32.7 Å². The number of carboxylic acids is 1. The van der Waals surface area contributed by atoms with Crippen LogP contribution >= 0.6 is 0 Å². The van der Waals surface area contributed by atoms with Gasteiger partial charge < -0.3 is 22.3 Å². The molecule has 0 spiro atoms. The number of carbonyl (C=O) groups is 1. The number of carboxylic acid groups (broad SMARTS) is 1. The third-order valence-electron chi connectivity index (χ3n) is 1.28. The van der Waals surface area contributed by atoms with Gasteiger partial charge in [-0.15, -0.1) is 0 Å². The Balaban J connectivity index is 0. The Hall–Kier alpha value is -1.30. The van der Waals surface area contributed by atoms with E-state index >= 15 is 0 Å². The van der Waals surface area contributed by atoms with Crippen LogP contribution in [-0.4, -0.2) is 29.6 Å². The van der Waals surface area contributed by atoms with Crippen LogP contribution in [0.5, 0.6) is 0 Å². The lowest BCUT2D eigenvalue weighted by Gasteiger charge is -2.03. The van der Waals surface area contributed by atoms with Crippen LogP contribution in [0.15, 0.2) is 4.99 Å². The van der Waals surface area contributed by atoms with E-state index in [0.717, 1.165) is 0 Å². The quantitative estimate of drug-likeness (QED) is 0.272. The molecule has 0 aromatic rings. The molecule has 84 valence electrons. The zero-order chi connectivity index (χ0) is 11.6. The van der Waals surface area contributed by atoms with Crippen molar-refractivity contribution in [2.24, 2.45) is 22.2 Å². The van der Waals surface area contributed by atoms with Crippen LogP contribution in [0.2, 0.25) is 0 Å². The molecule has 0 rings (SSSR count). The van der Waals surface area contributed by atoms with Gasteiger partial charge in [0.25, 0.3) is 0 Å². The molecule has 1 unspecified atom stereocenters. The Morgan fingerprint density at radius 2 is 1.93 bits per heavy atom. The number of aliphatic carboxylic acids is 1. The molecule has 0 saturated carbocycles. The molecule has 0 saturated heterocycles. The van der Waals surface area contributed by atoms with Crippen LogP contribution in [0.25, 0.3) is 0 Å². The highest BCUT2D eigenvalue weighted by Crippen LogP contribution is 1.94. The molecule has 0 aliphatic heterocycles. The second-order valence-corrected chi connectivity index (χ2v) is 2.39. The van der Waals surface area contributed by atoms with Gasteiger partial charge in [0, 0.05) is 6.54 Å². The Labute approximate surface area is 84.2 Å². The molecule has 0 aromatic carbocycles. The molecule has 0 amide bonds. The average molecular weight is 204 g/mol. The van der Waals surface area contributed by atoms with Crippen LogP contribution in [-0.2, 0) is 4.79 Å². The fourth-order valence-corrected chi connectivity index (χ4v) is 0.643. The number of nitrogens with two attached hydrogens (primary N) is 3. The van der Waals surface area contributed by atoms with Crippen molar-refractivity contribution in [3.05, 3.63) is 0 Å². The minimum atomic E-state index is -1.00. The molecule has 14 heavy (non-hydrogen) atoms. The summed E-state index contributed by atoms with van der Waals surface area (Å²) in [5.41, 5.74) is 15.3. The molecule has 0 aromatic heterocycles. The van der Waals surface area contributed by atoms with Gasteiger partial charge in [0.05, 0.1) is 0 Å². The molecule has 7 N–H and O–H groups in total. The minimum Gasteiger partial charge on any atom is -0.480 e. The second-order valence-electron chi connectivity index (χ2n) is 2.39. The molecule has 0 bridgehead atoms. The molecule has 0 aliphatic carbocycles. The number of hydrogen-bond donors (Lipinski definition) is 4. The smallest absolute Gasteiger partial charge is 0.320 e. The fraction of sp³-hybridized carbons (Fsp3) is 0.750. The van der Waals surface area contributed by atoms with Gasteiger partial charge in [0.1, 0.15) is 6.04 Å². The first-order valence-corrected chi connectivity index (χ1v) is 4.58. The van der Waals surface area contributed by atoms with E-state index in [4.69, 9.17) is 22.3 Å². The first-order chi connectivity index (χ1) is 6.54. The summed E-state index contributed by atoms with van der Waals surface area (Å²) in [6.07, 6.45) is 0.956. The van der Waals surface area contributed by atoms with E-state index in [1.54, 1.807) is 0 Å². The van der Waals surface area contributed by atoms with Gasteiger partial charge in [-0.1, -0.05) is 13.8 Å². The second kappa shape index (κ2) is 9.79. The van der Waals surface area contributed by atoms with Crippen LogP contribution in [0.3, 0.4) is 0 Å². The number of hydrogen-bond acceptors (Lipinski definition) is 3. The first-order valence-electron chi connectivity index (χ1n) is 4.58. The Morgan fingerprint density at radius 1 is 1.43 bits per heavy atom. The maximum Gasteiger partial charge on any atom is 0.320 e. The highest BCUT2D eigenvalue weighted by molar-refractivity contribution is 5.75. The van der Waals surface area contributed by atoms with Crippen molar-refractivity contribution < 1.29 is 9.90 Å². The summed E-state index contributed by atoms with van der Waals surface area (Å²) >= 11 is 0. The molecular weight excluding hydrogens is 184 g/mol. The molecular formula is C8H20N4O2. The van der Waals surface area contributed by atoms with Crippen molar-refractivity contribution >= 4 is 11.9 Å². The Morgan fingerprint density at radius 3 is 2.29 bits per heavy atom. The predicted molar refractivity (Wildman–Crippen MR) is 56.9 cm³/mol. The van der Waals surface area contributed by atoms with Gasteiger partial charge in [-0.3, -0.25) is 9.79 Å². The van der Waals surface area contributed by atoms with Gasteiger partial charge in [-0.25, -0.2) is 0 Å². The van der Waals surface area contributed by atoms with Crippen LogP contribution in [0, 0.1) is 0 Å². The van der Waals surface area contributed by atoms with E-state index in [1.165, 1.54) is 0 Å². The lowest BCUT2D eigenvalue weighted by atomic mass is 10.2. The van der Waals surface area contributed by atoms with Crippen molar-refractivity contribution in [3.8, 4) is 0 Å². The summed E-state index contributed by atoms with van der Waals surface area (Å²) in [7, 11) is 0. The van der Waals surface area contributed by atoms with Gasteiger partial charge in [-0.2, -0.15) is 0 Å². The van der Waals surface area contributed by atoms with E-state index in [2.05, 4.69) is 4.99 Å². The fourth-order valence-electron chi connectivity index (χ4n) is 0.643. The Kier molecular flexibility index (Phi) is 10.6. The zero-order valence-electron chi connectivity index (χ0n) is 8.73. The topological polar surface area (TPSA) is 128 Å². The highest BCUT2D eigenvalue weighted by Gasteiger charge is 2.09. The number of nitrogens with zero attached hydrogens (tertiary/aromatic N) is 1. The number of rotatable bonds is 5. The summed E-state index contributed by atoms with van der Waals surface area (Å²) in [4.78, 5) is 13.9. The third kappa shape index (κ3) is 10.7. The zero-order valence-corrected chi connectivity index (χ0v) is 8.73. The van der Waals surface area contributed by atoms with E-state index in [0.29, 0.717) is 19.4 Å². The Bertz CT molecular complexity index is 178. The van der Waals surface area contributed by atoms with E-state index in [1.807, 2.05) is 13.8 Å². The van der Waals surface area contributed by atoms with Gasteiger partial charge in [0.2, 0.25) is 0 Å². The summed E-state index contributed by atoms with van der Waals surface area (Å²) in [6, 6.07) is -0.820. The van der Waals surface area contributed by atoms with E-state index in [-0.39, 0.29) is 5.96 Å². The van der Waals surface area contributed by atoms with Gasteiger partial charge in [0.15, 0.2) is 5.96 Å². The summed E-state index contributed by atoms with van der Waals surface area (Å²) in [5, 5.41) is 8.38. The average Bonchev–Trinajstić information content (AvgIpc) is 2.15. The van der Waals surface area contributed by atoms with Crippen molar-refractivity contribution in [1.82, 2.24) is 0 Å². The molecule has 1 atom stereocenters. The first kappa shape index (κ1) is 15.2. The summed E-state index contributed by atoms with van der Waals surface area (Å²) in [6.45, 7) is 4.42. The van der Waals surface area contributed by atoms with Crippen molar-refractivity contribution in [2.75, 3.05) is 6.54 Å². The maximum atomic E-state index is 10.2. The number of guanidine groups is 1. The predicted octanol–water partition coefficient (Wildman–Crippen LogP) is -0.522. The van der Waals surface area contributed by atoms with Gasteiger partial charge >= 0.3 is 5.97 Å².